The van der Waals surface area contributed by atoms with E-state index in [-0.39, 0.29) is 0 Å². The molecule has 1 fully saturated rings. The smallest absolute Gasteiger partial charge is 0.107 e. The molecule has 1 atom stereocenters. The third-order valence-corrected chi connectivity index (χ3v) is 3.56. The zero-order chi connectivity index (χ0) is 11.0. The summed E-state index contributed by atoms with van der Waals surface area (Å²) < 4.78 is 6.50. The molecule has 3 rings (SSSR count). The highest BCUT2D eigenvalue weighted by Gasteiger charge is 2.24. The van der Waals surface area contributed by atoms with Crippen LogP contribution in [0.1, 0.15) is 12.0 Å². The topological polar surface area (TPSA) is 33.6 Å². The SMILES string of the molecule is Brc1ccc2c(c1)CN=C(C1CCOC1)N2. The van der Waals surface area contributed by atoms with Crippen LogP contribution in [0.4, 0.5) is 5.69 Å². The first-order valence-electron chi connectivity index (χ1n) is 5.50. The Balaban J connectivity index is 1.83. The van der Waals surface area contributed by atoms with Gasteiger partial charge in [0.15, 0.2) is 0 Å². The van der Waals surface area contributed by atoms with E-state index < -0.39 is 0 Å². The predicted octanol–water partition coefficient (Wildman–Crippen LogP) is 2.81. The van der Waals surface area contributed by atoms with Crippen molar-refractivity contribution >= 4 is 27.5 Å². The maximum Gasteiger partial charge on any atom is 0.107 e. The number of halogens is 1. The molecule has 0 radical (unpaired) electrons. The number of nitrogens with one attached hydrogen (secondary N) is 1. The zero-order valence-corrected chi connectivity index (χ0v) is 10.5. The molecule has 0 bridgehead atoms. The van der Waals surface area contributed by atoms with Gasteiger partial charge in [0.05, 0.1) is 13.2 Å². The van der Waals surface area contributed by atoms with Crippen LogP contribution in [0, 0.1) is 5.92 Å². The molecular formula is C12H13BrN2O. The molecule has 3 nitrogen and oxygen atoms in total. The van der Waals surface area contributed by atoms with Crippen LogP contribution in [0.25, 0.3) is 0 Å². The molecule has 16 heavy (non-hydrogen) atoms. The van der Waals surface area contributed by atoms with E-state index in [0.29, 0.717) is 5.92 Å². The lowest BCUT2D eigenvalue weighted by Crippen LogP contribution is -2.26. The number of rotatable bonds is 1. The fourth-order valence-electron chi connectivity index (χ4n) is 2.14. The van der Waals surface area contributed by atoms with Gasteiger partial charge in [-0.15, -0.1) is 0 Å². The van der Waals surface area contributed by atoms with Crippen LogP contribution < -0.4 is 5.32 Å². The average Bonchev–Trinajstić information content (AvgIpc) is 2.82. The van der Waals surface area contributed by atoms with E-state index in [0.717, 1.165) is 36.5 Å². The van der Waals surface area contributed by atoms with E-state index in [1.54, 1.807) is 0 Å². The second kappa shape index (κ2) is 4.18. The van der Waals surface area contributed by atoms with E-state index >= 15 is 0 Å². The summed E-state index contributed by atoms with van der Waals surface area (Å²) in [6.07, 6.45) is 1.08. The predicted molar refractivity (Wildman–Crippen MR) is 67.8 cm³/mol. The highest BCUT2D eigenvalue weighted by atomic mass is 79.9. The minimum atomic E-state index is 0.455. The molecule has 2 heterocycles. The molecule has 0 aliphatic carbocycles. The maximum atomic E-state index is 5.39. The molecule has 1 aromatic carbocycles. The van der Waals surface area contributed by atoms with Gasteiger partial charge in [-0.1, -0.05) is 15.9 Å². The highest BCUT2D eigenvalue weighted by Crippen LogP contribution is 2.27. The Morgan fingerprint density at radius 2 is 2.38 bits per heavy atom. The summed E-state index contributed by atoms with van der Waals surface area (Å²) in [5.41, 5.74) is 2.43. The van der Waals surface area contributed by atoms with Crippen LogP contribution in [0.15, 0.2) is 27.7 Å². The molecule has 2 aliphatic heterocycles. The lowest BCUT2D eigenvalue weighted by molar-refractivity contribution is 0.193. The molecule has 1 unspecified atom stereocenters. The van der Waals surface area contributed by atoms with Gasteiger partial charge in [-0.05, 0) is 30.2 Å². The van der Waals surface area contributed by atoms with Gasteiger partial charge in [0.1, 0.15) is 5.84 Å². The Kier molecular flexibility index (Phi) is 2.69. The van der Waals surface area contributed by atoms with Gasteiger partial charge in [0.25, 0.3) is 0 Å². The Hall–Kier alpha value is -0.870. The Labute approximate surface area is 103 Å². The molecule has 1 saturated heterocycles. The third kappa shape index (κ3) is 1.87. The van der Waals surface area contributed by atoms with Gasteiger partial charge in [0.2, 0.25) is 0 Å². The summed E-state index contributed by atoms with van der Waals surface area (Å²) in [6, 6.07) is 6.28. The quantitative estimate of drug-likeness (QED) is 0.858. The van der Waals surface area contributed by atoms with Crippen LogP contribution in [0.2, 0.25) is 0 Å². The zero-order valence-electron chi connectivity index (χ0n) is 8.87. The van der Waals surface area contributed by atoms with E-state index in [1.165, 1.54) is 11.3 Å². The summed E-state index contributed by atoms with van der Waals surface area (Å²) in [4.78, 5) is 4.60. The van der Waals surface area contributed by atoms with Crippen LogP contribution in [0.5, 0.6) is 0 Å². The summed E-state index contributed by atoms with van der Waals surface area (Å²) in [7, 11) is 0. The maximum absolute atomic E-state index is 5.39. The lowest BCUT2D eigenvalue weighted by atomic mass is 10.0. The molecule has 0 amide bonds. The largest absolute Gasteiger partial charge is 0.381 e. The van der Waals surface area contributed by atoms with E-state index in [9.17, 15) is 0 Å². The monoisotopic (exact) mass is 280 g/mol. The highest BCUT2D eigenvalue weighted by molar-refractivity contribution is 9.10. The molecule has 0 saturated carbocycles. The molecule has 1 aromatic rings. The van der Waals surface area contributed by atoms with Gasteiger partial charge in [-0.25, -0.2) is 0 Å². The third-order valence-electron chi connectivity index (χ3n) is 3.07. The number of hydrogen-bond acceptors (Lipinski definition) is 3. The minimum Gasteiger partial charge on any atom is -0.381 e. The Bertz CT molecular complexity index is 439. The standard InChI is InChI=1S/C12H13BrN2O/c13-10-1-2-11-9(5-10)6-14-12(15-11)8-3-4-16-7-8/h1-2,5,8H,3-4,6-7H2,(H,14,15). The van der Waals surface area contributed by atoms with Crippen molar-refractivity contribution in [2.75, 3.05) is 18.5 Å². The van der Waals surface area contributed by atoms with Gasteiger partial charge >= 0.3 is 0 Å². The van der Waals surface area contributed by atoms with Crippen molar-refractivity contribution in [3.63, 3.8) is 0 Å². The van der Waals surface area contributed by atoms with Crippen molar-refractivity contribution in [2.24, 2.45) is 10.9 Å². The number of amidine groups is 1. The second-order valence-electron chi connectivity index (χ2n) is 4.19. The number of hydrogen-bond donors (Lipinski definition) is 1. The number of anilines is 1. The first kappa shape index (κ1) is 10.3. The second-order valence-corrected chi connectivity index (χ2v) is 5.10. The fraction of sp³-hybridized carbons (Fsp3) is 0.417. The molecule has 1 N–H and O–H groups in total. The van der Waals surface area contributed by atoms with Crippen molar-refractivity contribution in [2.45, 2.75) is 13.0 Å². The Morgan fingerprint density at radius 3 is 3.19 bits per heavy atom. The molecular weight excluding hydrogens is 268 g/mol. The number of ether oxygens (including phenoxy) is 1. The van der Waals surface area contributed by atoms with Gasteiger partial charge in [0, 0.05) is 22.7 Å². The summed E-state index contributed by atoms with van der Waals surface area (Å²) >= 11 is 3.48. The van der Waals surface area contributed by atoms with Crippen LogP contribution in [-0.2, 0) is 11.3 Å². The van der Waals surface area contributed by atoms with Gasteiger partial charge < -0.3 is 10.1 Å². The number of benzene rings is 1. The molecule has 0 spiro atoms. The normalized spacial score (nSPS) is 23.6. The fourth-order valence-corrected chi connectivity index (χ4v) is 2.55. The molecule has 4 heteroatoms. The van der Waals surface area contributed by atoms with Gasteiger partial charge in [-0.3, -0.25) is 4.99 Å². The lowest BCUT2D eigenvalue weighted by Gasteiger charge is -2.21. The van der Waals surface area contributed by atoms with Crippen LogP contribution in [-0.4, -0.2) is 19.0 Å². The molecule has 2 aliphatic rings. The molecule has 0 aromatic heterocycles. The first-order chi connectivity index (χ1) is 7.83. The number of fused-ring (bicyclic) bond motifs is 1. The number of nitrogens with zero attached hydrogens (tertiary/aromatic N) is 1. The molecule has 84 valence electrons. The van der Waals surface area contributed by atoms with Gasteiger partial charge in [-0.2, -0.15) is 0 Å². The van der Waals surface area contributed by atoms with Crippen LogP contribution in [0.3, 0.4) is 0 Å². The van der Waals surface area contributed by atoms with Crippen molar-refractivity contribution < 1.29 is 4.74 Å². The van der Waals surface area contributed by atoms with E-state index in [4.69, 9.17) is 4.74 Å². The summed E-state index contributed by atoms with van der Waals surface area (Å²) in [5.74, 6) is 1.55. The van der Waals surface area contributed by atoms with Crippen molar-refractivity contribution in [1.82, 2.24) is 0 Å². The number of aliphatic imine (C=N–C) groups is 1. The van der Waals surface area contributed by atoms with E-state index in [1.807, 2.05) is 0 Å². The minimum absolute atomic E-state index is 0.455. The first-order valence-corrected chi connectivity index (χ1v) is 6.30. The van der Waals surface area contributed by atoms with Crippen molar-refractivity contribution in [3.05, 3.63) is 28.2 Å². The Morgan fingerprint density at radius 1 is 1.44 bits per heavy atom. The van der Waals surface area contributed by atoms with Crippen molar-refractivity contribution in [1.29, 1.82) is 0 Å². The summed E-state index contributed by atoms with van der Waals surface area (Å²) in [5, 5.41) is 3.42. The van der Waals surface area contributed by atoms with Crippen LogP contribution >= 0.6 is 15.9 Å². The van der Waals surface area contributed by atoms with Crippen molar-refractivity contribution in [3.8, 4) is 0 Å². The summed E-state index contributed by atoms with van der Waals surface area (Å²) in [6.45, 7) is 2.43. The average molecular weight is 281 g/mol. The van der Waals surface area contributed by atoms with E-state index in [2.05, 4.69) is 44.4 Å².